The SMILES string of the molecule is c1ccc(C[Si](Cc2ccccc2)(Cc2ccccc2)ON=C(CC(=NO[Si](Cc2ccccc2)(Cc2ccccc2)Cc2ccccc2)c2ccccc2)CC(=NO[Si](Cc2ccccc2)(Cc2ccccc2)Cc2ccccc2)c2ccccc2)cc1. The molecule has 0 N–H and O–H groups in total. The van der Waals surface area contributed by atoms with Crippen molar-refractivity contribution >= 4 is 42.1 Å². The lowest BCUT2D eigenvalue weighted by Crippen LogP contribution is -2.46. The number of rotatable bonds is 30. The van der Waals surface area contributed by atoms with Crippen molar-refractivity contribution in [1.82, 2.24) is 0 Å². The molecule has 11 rings (SSSR count). The summed E-state index contributed by atoms with van der Waals surface area (Å²) >= 11 is 0. The van der Waals surface area contributed by atoms with Gasteiger partial charge in [-0.25, -0.2) is 0 Å². The summed E-state index contributed by atoms with van der Waals surface area (Å²) in [6, 6.07) is 125. The van der Waals surface area contributed by atoms with Crippen LogP contribution in [0.1, 0.15) is 74.0 Å². The molecule has 0 saturated heterocycles. The summed E-state index contributed by atoms with van der Waals surface area (Å²) in [4.78, 5) is 0. The highest BCUT2D eigenvalue weighted by atomic mass is 28.4. The average Bonchev–Trinajstić information content (AvgIpc) is 3.11. The molecule has 0 heterocycles. The number of nitrogens with zero attached hydrogens (tertiary/aromatic N) is 3. The van der Waals surface area contributed by atoms with Gasteiger partial charge in [-0.05, 0) is 61.2 Å². The lowest BCUT2D eigenvalue weighted by atomic mass is 9.99. The molecule has 0 bridgehead atoms. The van der Waals surface area contributed by atoms with Crippen LogP contribution in [-0.2, 0) is 68.0 Å². The molecule has 0 aliphatic carbocycles. The van der Waals surface area contributed by atoms with Crippen molar-refractivity contribution in [2.75, 3.05) is 0 Å². The first-order valence-corrected chi connectivity index (χ1v) is 38.7. The molecule has 0 aliphatic rings. The highest BCUT2D eigenvalue weighted by Gasteiger charge is 2.42. The van der Waals surface area contributed by atoms with Crippen molar-refractivity contribution < 1.29 is 13.6 Å². The summed E-state index contributed by atoms with van der Waals surface area (Å²) in [7, 11) is -8.91. The second-order valence-corrected chi connectivity index (χ2v) is 34.4. The average molecular weight is 1210 g/mol. The fourth-order valence-electron chi connectivity index (χ4n) is 12.2. The van der Waals surface area contributed by atoms with Gasteiger partial charge in [-0.1, -0.05) is 334 Å². The van der Waals surface area contributed by atoms with E-state index in [0.29, 0.717) is 12.8 Å². The second-order valence-electron chi connectivity index (χ2n) is 23.6. The Labute approximate surface area is 530 Å². The van der Waals surface area contributed by atoms with Crippen LogP contribution in [0, 0.1) is 0 Å². The number of benzene rings is 11. The fourth-order valence-corrected chi connectivity index (χ4v) is 23.6. The van der Waals surface area contributed by atoms with Crippen molar-refractivity contribution in [3.8, 4) is 0 Å². The Hall–Kier alpha value is -9.52. The largest absolute Gasteiger partial charge is 0.454 e. The summed E-state index contributed by atoms with van der Waals surface area (Å²) in [6.07, 6.45) is 0.602. The van der Waals surface area contributed by atoms with E-state index in [-0.39, 0.29) is 0 Å². The number of hydrogen-bond acceptors (Lipinski definition) is 6. The Kier molecular flexibility index (Phi) is 21.6. The van der Waals surface area contributed by atoms with E-state index in [4.69, 9.17) is 29.0 Å². The van der Waals surface area contributed by atoms with E-state index < -0.39 is 25.0 Å². The van der Waals surface area contributed by atoms with Crippen LogP contribution < -0.4 is 0 Å². The van der Waals surface area contributed by atoms with Crippen molar-refractivity contribution in [2.45, 2.75) is 67.2 Å². The topological polar surface area (TPSA) is 64.8 Å². The van der Waals surface area contributed by atoms with Crippen LogP contribution in [0.5, 0.6) is 0 Å². The molecule has 6 nitrogen and oxygen atoms in total. The molecular weight excluding hydrogens is 1140 g/mol. The minimum Gasteiger partial charge on any atom is -0.454 e. The molecule has 0 saturated carbocycles. The molecule has 89 heavy (non-hydrogen) atoms. The van der Waals surface area contributed by atoms with Crippen LogP contribution in [0.25, 0.3) is 0 Å². The zero-order chi connectivity index (χ0) is 60.5. The first kappa shape index (κ1) is 61.1. The Morgan fingerprint density at radius 2 is 0.360 bits per heavy atom. The first-order valence-electron chi connectivity index (χ1n) is 31.1. The first-order chi connectivity index (χ1) is 43.9. The number of oxime groups is 3. The summed E-state index contributed by atoms with van der Waals surface area (Å²) in [5.74, 6) is 0. The standard InChI is InChI=1S/C80H77N3O3Si3/c1-12-34-67(35-13-1)58-87(59-68-36-14-2-15-37-68,60-69-38-16-3-17-39-69)84-81-78(56-79(76-52-30-10-31-53-76)82-85-88(61-70-40-18-4-19-41-70,62-71-42-20-5-21-43-71)63-72-44-22-6-23-45-72)57-80(77-54-32-11-33-55-77)83-86-89(64-73-46-24-7-25-47-73,65-74-48-26-8-27-49-74)66-75-50-28-9-29-51-75/h1-55H,56-66H2. The van der Waals surface area contributed by atoms with Crippen LogP contribution >= 0.6 is 0 Å². The van der Waals surface area contributed by atoms with Gasteiger partial charge in [-0.3, -0.25) is 0 Å². The Morgan fingerprint density at radius 3 is 0.539 bits per heavy atom. The zero-order valence-electron chi connectivity index (χ0n) is 50.6. The maximum absolute atomic E-state index is 7.69. The second kappa shape index (κ2) is 31.4. The molecule has 11 aromatic carbocycles. The third-order valence-electron chi connectivity index (χ3n) is 16.3. The van der Waals surface area contributed by atoms with Gasteiger partial charge in [0.15, 0.2) is 0 Å². The van der Waals surface area contributed by atoms with Crippen LogP contribution in [0.4, 0.5) is 0 Å². The smallest absolute Gasteiger partial charge is 0.300 e. The van der Waals surface area contributed by atoms with E-state index in [1.54, 1.807) is 0 Å². The highest BCUT2D eigenvalue weighted by Crippen LogP contribution is 2.30. The van der Waals surface area contributed by atoms with Gasteiger partial charge in [0.25, 0.3) is 25.0 Å². The van der Waals surface area contributed by atoms with Gasteiger partial charge >= 0.3 is 0 Å². The summed E-state index contributed by atoms with van der Waals surface area (Å²) in [6.45, 7) is 0. The predicted octanol–water partition coefficient (Wildman–Crippen LogP) is 17.9. The van der Waals surface area contributed by atoms with Crippen molar-refractivity contribution in [3.63, 3.8) is 0 Å². The molecule has 0 radical (unpaired) electrons. The van der Waals surface area contributed by atoms with Crippen molar-refractivity contribution in [2.24, 2.45) is 15.5 Å². The molecule has 0 aliphatic heterocycles. The van der Waals surface area contributed by atoms with Crippen molar-refractivity contribution in [1.29, 1.82) is 0 Å². The van der Waals surface area contributed by atoms with E-state index in [9.17, 15) is 0 Å². The number of hydrogen-bond donors (Lipinski definition) is 0. The van der Waals surface area contributed by atoms with E-state index >= 15 is 0 Å². The molecule has 9 heteroatoms. The van der Waals surface area contributed by atoms with Gasteiger partial charge < -0.3 is 13.6 Å². The molecule has 0 fully saturated rings. The third-order valence-corrected chi connectivity index (χ3v) is 27.3. The molecule has 0 amide bonds. The Bertz CT molecular complexity index is 3440. The van der Waals surface area contributed by atoms with Gasteiger partial charge in [-0.2, -0.15) is 0 Å². The van der Waals surface area contributed by atoms with Gasteiger partial charge in [0.05, 0.1) is 17.1 Å². The van der Waals surface area contributed by atoms with E-state index in [1.165, 1.54) is 50.1 Å². The molecular formula is C80H77N3O3Si3. The van der Waals surface area contributed by atoms with Crippen LogP contribution in [0.2, 0.25) is 0 Å². The normalized spacial score (nSPS) is 12.0. The summed E-state index contributed by atoms with van der Waals surface area (Å²) in [5.41, 5.74) is 15.2. The molecule has 442 valence electrons. The van der Waals surface area contributed by atoms with Gasteiger partial charge in [0.1, 0.15) is 0 Å². The summed E-state index contributed by atoms with van der Waals surface area (Å²) in [5, 5.41) is 16.7. The predicted molar refractivity (Wildman–Crippen MR) is 374 cm³/mol. The summed E-state index contributed by atoms with van der Waals surface area (Å²) < 4.78 is 22.9. The maximum atomic E-state index is 7.69. The van der Waals surface area contributed by atoms with Gasteiger partial charge in [0.2, 0.25) is 0 Å². The van der Waals surface area contributed by atoms with Crippen LogP contribution in [0.3, 0.4) is 0 Å². The minimum atomic E-state index is -3.01. The lowest BCUT2D eigenvalue weighted by molar-refractivity contribution is 0.312. The highest BCUT2D eigenvalue weighted by molar-refractivity contribution is 6.73. The third kappa shape index (κ3) is 18.5. The van der Waals surface area contributed by atoms with Crippen LogP contribution in [0.15, 0.2) is 349 Å². The van der Waals surface area contributed by atoms with E-state index in [2.05, 4.69) is 334 Å². The maximum Gasteiger partial charge on any atom is 0.300 e. The Balaban J connectivity index is 1.09. The molecule has 0 aromatic heterocycles. The lowest BCUT2D eigenvalue weighted by Gasteiger charge is -2.31. The zero-order valence-corrected chi connectivity index (χ0v) is 53.6. The van der Waals surface area contributed by atoms with E-state index in [1.807, 2.05) is 0 Å². The van der Waals surface area contributed by atoms with Gasteiger partial charge in [-0.15, -0.1) is 15.5 Å². The molecule has 0 atom stereocenters. The van der Waals surface area contributed by atoms with E-state index in [0.717, 1.165) is 82.7 Å². The van der Waals surface area contributed by atoms with Gasteiger partial charge in [0, 0.05) is 67.2 Å². The minimum absolute atomic E-state index is 0.301. The van der Waals surface area contributed by atoms with Crippen LogP contribution in [-0.4, -0.2) is 42.1 Å². The fraction of sp³-hybridized carbons (Fsp3) is 0.138. The Morgan fingerprint density at radius 1 is 0.202 bits per heavy atom. The molecule has 0 spiro atoms. The molecule has 11 aromatic rings. The quantitative estimate of drug-likeness (QED) is 0.0256. The van der Waals surface area contributed by atoms with Crippen molar-refractivity contribution in [3.05, 3.63) is 395 Å². The monoisotopic (exact) mass is 1210 g/mol. The molecule has 0 unspecified atom stereocenters.